The molecule has 2 heterocycles. The summed E-state index contributed by atoms with van der Waals surface area (Å²) in [6.45, 7) is 7.45. The number of aromatic nitrogens is 1. The van der Waals surface area contributed by atoms with Crippen molar-refractivity contribution in [3.8, 4) is 0 Å². The highest BCUT2D eigenvalue weighted by molar-refractivity contribution is 7.89. The first-order valence-electron chi connectivity index (χ1n) is 10.3. The number of rotatable bonds is 9. The second-order valence-electron chi connectivity index (χ2n) is 7.32. The molecule has 0 saturated carbocycles. The minimum Gasteiger partial charge on any atom is -0.354 e. The molecule has 0 aliphatic carbocycles. The number of carbonyl (C=O) groups is 1. The van der Waals surface area contributed by atoms with E-state index in [-0.39, 0.29) is 23.8 Å². The van der Waals surface area contributed by atoms with E-state index in [9.17, 15) is 17.6 Å². The summed E-state index contributed by atoms with van der Waals surface area (Å²) in [5.41, 5.74) is 0.871. The molecule has 0 bridgehead atoms. The summed E-state index contributed by atoms with van der Waals surface area (Å²) in [7, 11) is -3.77. The molecule has 2 aromatic rings. The molecule has 0 radical (unpaired) electrons. The van der Waals surface area contributed by atoms with Crippen LogP contribution >= 0.6 is 0 Å². The maximum Gasteiger partial charge on any atom is 0.240 e. The molecule has 1 aromatic carbocycles. The Kier molecular flexibility index (Phi) is 7.94. The topological polar surface area (TPSA) is 94.6 Å². The van der Waals surface area contributed by atoms with Crippen molar-refractivity contribution in [2.45, 2.75) is 24.8 Å². The van der Waals surface area contributed by atoms with Crippen molar-refractivity contribution in [2.75, 3.05) is 44.2 Å². The van der Waals surface area contributed by atoms with Crippen LogP contribution < -0.4 is 14.9 Å². The Balaban J connectivity index is 1.40. The zero-order chi connectivity index (χ0) is 22.3. The van der Waals surface area contributed by atoms with Gasteiger partial charge in [0, 0.05) is 51.9 Å². The van der Waals surface area contributed by atoms with E-state index in [1.807, 2.05) is 12.1 Å². The first-order chi connectivity index (χ1) is 14.9. The van der Waals surface area contributed by atoms with Crippen LogP contribution in [0.1, 0.15) is 18.9 Å². The fourth-order valence-electron chi connectivity index (χ4n) is 3.29. The number of piperazine rings is 1. The fourth-order valence-corrected chi connectivity index (χ4v) is 4.32. The lowest BCUT2D eigenvalue weighted by Gasteiger charge is -2.34. The Labute approximate surface area is 182 Å². The zero-order valence-electron chi connectivity index (χ0n) is 17.6. The second-order valence-corrected chi connectivity index (χ2v) is 9.09. The molecule has 2 N–H and O–H groups in total. The number of amides is 1. The summed E-state index contributed by atoms with van der Waals surface area (Å²) in [5, 5.41) is 2.76. The van der Waals surface area contributed by atoms with Crippen LogP contribution in [0.3, 0.4) is 0 Å². The molecule has 8 nitrogen and oxygen atoms in total. The van der Waals surface area contributed by atoms with Gasteiger partial charge in [0.1, 0.15) is 11.6 Å². The molecule has 0 atom stereocenters. The molecule has 31 heavy (non-hydrogen) atoms. The third-order valence-corrected chi connectivity index (χ3v) is 6.69. The number of anilines is 1. The number of nitrogens with one attached hydrogen (secondary N) is 2. The van der Waals surface area contributed by atoms with Crippen molar-refractivity contribution in [3.05, 3.63) is 54.0 Å². The number of pyridine rings is 1. The Bertz CT molecular complexity index is 960. The van der Waals surface area contributed by atoms with Crippen molar-refractivity contribution in [1.29, 1.82) is 0 Å². The molecule has 0 unspecified atom stereocenters. The van der Waals surface area contributed by atoms with Crippen LogP contribution in [-0.4, -0.2) is 63.5 Å². The lowest BCUT2D eigenvalue weighted by Crippen LogP contribution is -2.46. The standard InChI is InChI=1S/C21H28FN5O3S/c1-2-26-11-13-27(14-12-26)20-8-3-17(15-23-20)16-24-21(28)9-10-25-31(29,30)19-6-4-18(22)5-7-19/h3-8,15,25H,2,9-14,16H2,1H3,(H,24,28). The average molecular weight is 450 g/mol. The molecule has 168 valence electrons. The quantitative estimate of drug-likeness (QED) is 0.600. The van der Waals surface area contributed by atoms with Crippen LogP contribution in [0.15, 0.2) is 47.5 Å². The highest BCUT2D eigenvalue weighted by atomic mass is 32.2. The Morgan fingerprint density at radius 1 is 1.10 bits per heavy atom. The van der Waals surface area contributed by atoms with E-state index in [1.54, 1.807) is 6.20 Å². The van der Waals surface area contributed by atoms with Gasteiger partial charge in [0.25, 0.3) is 0 Å². The molecule has 1 aliphatic rings. The van der Waals surface area contributed by atoms with Gasteiger partial charge in [0.2, 0.25) is 15.9 Å². The van der Waals surface area contributed by atoms with Crippen LogP contribution in [0.25, 0.3) is 0 Å². The van der Waals surface area contributed by atoms with Crippen molar-refractivity contribution in [1.82, 2.24) is 19.9 Å². The molecule has 3 rings (SSSR count). The number of hydrogen-bond acceptors (Lipinski definition) is 6. The van der Waals surface area contributed by atoms with Gasteiger partial charge in [-0.3, -0.25) is 4.79 Å². The predicted molar refractivity (Wildman–Crippen MR) is 117 cm³/mol. The molecule has 1 amide bonds. The van der Waals surface area contributed by atoms with Gasteiger partial charge in [-0.05, 0) is 42.4 Å². The number of carbonyl (C=O) groups excluding carboxylic acids is 1. The summed E-state index contributed by atoms with van der Waals surface area (Å²) >= 11 is 0. The molecular weight excluding hydrogens is 421 g/mol. The van der Waals surface area contributed by atoms with Crippen LogP contribution in [-0.2, 0) is 21.4 Å². The Hall–Kier alpha value is -2.56. The summed E-state index contributed by atoms with van der Waals surface area (Å²) in [4.78, 5) is 21.1. The van der Waals surface area contributed by atoms with Gasteiger partial charge in [-0.2, -0.15) is 0 Å². The molecular formula is C21H28FN5O3S. The molecule has 10 heteroatoms. The Morgan fingerprint density at radius 3 is 2.42 bits per heavy atom. The van der Waals surface area contributed by atoms with Crippen molar-refractivity contribution in [3.63, 3.8) is 0 Å². The number of halogens is 1. The SMILES string of the molecule is CCN1CCN(c2ccc(CNC(=O)CCNS(=O)(=O)c3ccc(F)cc3)cn2)CC1. The number of likely N-dealkylation sites (N-methyl/N-ethyl adjacent to an activating group) is 1. The second kappa shape index (κ2) is 10.7. The molecule has 1 aromatic heterocycles. The van der Waals surface area contributed by atoms with E-state index in [4.69, 9.17) is 0 Å². The fraction of sp³-hybridized carbons (Fsp3) is 0.429. The first kappa shape index (κ1) is 23.1. The van der Waals surface area contributed by atoms with Crippen LogP contribution in [0, 0.1) is 5.82 Å². The number of benzene rings is 1. The van der Waals surface area contributed by atoms with Crippen LogP contribution in [0.4, 0.5) is 10.2 Å². The van der Waals surface area contributed by atoms with E-state index in [2.05, 4.69) is 31.7 Å². The summed E-state index contributed by atoms with van der Waals surface area (Å²) in [5.74, 6) is 0.141. The van der Waals surface area contributed by atoms with E-state index in [0.717, 1.165) is 56.2 Å². The smallest absolute Gasteiger partial charge is 0.240 e. The van der Waals surface area contributed by atoms with Gasteiger partial charge in [-0.25, -0.2) is 22.5 Å². The van der Waals surface area contributed by atoms with Gasteiger partial charge >= 0.3 is 0 Å². The van der Waals surface area contributed by atoms with Crippen LogP contribution in [0.5, 0.6) is 0 Å². The molecule has 1 saturated heterocycles. The highest BCUT2D eigenvalue weighted by Gasteiger charge is 2.17. The van der Waals surface area contributed by atoms with Gasteiger partial charge in [0.15, 0.2) is 0 Å². The largest absolute Gasteiger partial charge is 0.354 e. The van der Waals surface area contributed by atoms with E-state index in [1.165, 1.54) is 12.1 Å². The molecule has 1 fully saturated rings. The minimum absolute atomic E-state index is 0.00631. The molecule has 0 spiro atoms. The van der Waals surface area contributed by atoms with Crippen molar-refractivity contribution in [2.24, 2.45) is 0 Å². The van der Waals surface area contributed by atoms with Crippen LogP contribution in [0.2, 0.25) is 0 Å². The monoisotopic (exact) mass is 449 g/mol. The Morgan fingerprint density at radius 2 is 1.81 bits per heavy atom. The van der Waals surface area contributed by atoms with Gasteiger partial charge in [-0.15, -0.1) is 0 Å². The third kappa shape index (κ3) is 6.71. The van der Waals surface area contributed by atoms with Gasteiger partial charge < -0.3 is 15.1 Å². The number of sulfonamides is 1. The summed E-state index contributed by atoms with van der Waals surface area (Å²) in [6, 6.07) is 8.40. The normalized spacial score (nSPS) is 15.1. The maximum atomic E-state index is 12.9. The molecule has 1 aliphatic heterocycles. The summed E-state index contributed by atoms with van der Waals surface area (Å²) < 4.78 is 39.5. The summed E-state index contributed by atoms with van der Waals surface area (Å²) in [6.07, 6.45) is 1.74. The number of nitrogens with zero attached hydrogens (tertiary/aromatic N) is 3. The van der Waals surface area contributed by atoms with Gasteiger partial charge in [0.05, 0.1) is 4.90 Å². The van der Waals surface area contributed by atoms with E-state index in [0.29, 0.717) is 6.54 Å². The zero-order valence-corrected chi connectivity index (χ0v) is 18.4. The predicted octanol–water partition coefficient (Wildman–Crippen LogP) is 1.35. The van der Waals surface area contributed by atoms with Gasteiger partial charge in [-0.1, -0.05) is 13.0 Å². The maximum absolute atomic E-state index is 12.9. The first-order valence-corrected chi connectivity index (χ1v) is 11.8. The lowest BCUT2D eigenvalue weighted by molar-refractivity contribution is -0.121. The lowest BCUT2D eigenvalue weighted by atomic mass is 10.2. The van der Waals surface area contributed by atoms with E-state index >= 15 is 0 Å². The average Bonchev–Trinajstić information content (AvgIpc) is 2.78. The highest BCUT2D eigenvalue weighted by Crippen LogP contribution is 2.14. The van der Waals surface area contributed by atoms with Crippen molar-refractivity contribution < 1.29 is 17.6 Å². The number of hydrogen-bond donors (Lipinski definition) is 2. The van der Waals surface area contributed by atoms with E-state index < -0.39 is 15.8 Å². The minimum atomic E-state index is -3.77. The van der Waals surface area contributed by atoms with Crippen molar-refractivity contribution >= 4 is 21.7 Å². The third-order valence-electron chi connectivity index (χ3n) is 5.21.